The highest BCUT2D eigenvalue weighted by Gasteiger charge is 2.18. The maximum atomic E-state index is 12.1. The minimum absolute atomic E-state index is 0.0320. The molecular formula is C20H28N2O2. The molecule has 0 unspecified atom stereocenters. The van der Waals surface area contributed by atoms with Crippen LogP contribution in [0.25, 0.3) is 10.9 Å². The number of anilines is 1. The quantitative estimate of drug-likeness (QED) is 0.402. The zero-order valence-electron chi connectivity index (χ0n) is 15.0. The van der Waals surface area contributed by atoms with Crippen LogP contribution in [0.5, 0.6) is 5.75 Å². The van der Waals surface area contributed by atoms with Crippen LogP contribution in [0.1, 0.15) is 68.8 Å². The smallest absolute Gasteiger partial charge is 0.163 e. The van der Waals surface area contributed by atoms with Gasteiger partial charge in [0.25, 0.3) is 0 Å². The fourth-order valence-corrected chi connectivity index (χ4v) is 2.98. The molecule has 0 atom stereocenters. The number of carbonyl (C=O) groups excluding carboxylic acids is 1. The molecule has 1 aromatic carbocycles. The molecule has 2 aromatic rings. The number of aryl methyl sites for hydroxylation is 1. The summed E-state index contributed by atoms with van der Waals surface area (Å²) < 4.78 is 6.07. The molecule has 0 amide bonds. The van der Waals surface area contributed by atoms with Crippen LogP contribution in [0, 0.1) is 0 Å². The van der Waals surface area contributed by atoms with E-state index in [2.05, 4.69) is 18.8 Å². The minimum atomic E-state index is -0.0320. The first-order valence-corrected chi connectivity index (χ1v) is 8.93. The number of carbonyl (C=O) groups is 1. The summed E-state index contributed by atoms with van der Waals surface area (Å²) in [6, 6.07) is 3.67. The molecular weight excluding hydrogens is 300 g/mol. The second kappa shape index (κ2) is 8.67. The molecule has 0 bridgehead atoms. The summed E-state index contributed by atoms with van der Waals surface area (Å²) in [5, 5.41) is 0.888. The zero-order valence-corrected chi connectivity index (χ0v) is 15.0. The third-order valence-corrected chi connectivity index (χ3v) is 4.34. The van der Waals surface area contributed by atoms with Crippen molar-refractivity contribution in [2.75, 3.05) is 12.3 Å². The van der Waals surface area contributed by atoms with E-state index < -0.39 is 0 Å². The number of hydrogen-bond acceptors (Lipinski definition) is 4. The first-order valence-electron chi connectivity index (χ1n) is 8.93. The average Bonchev–Trinajstić information content (AvgIpc) is 2.58. The highest BCUT2D eigenvalue weighted by molar-refractivity contribution is 6.07. The SMILES string of the molecule is CCCCCCCOc1c(C(C)=O)cc(N)c2nccc(CC)c12. The lowest BCUT2D eigenvalue weighted by molar-refractivity contribution is 0.101. The number of benzene rings is 1. The van der Waals surface area contributed by atoms with Crippen molar-refractivity contribution >= 4 is 22.4 Å². The van der Waals surface area contributed by atoms with Crippen molar-refractivity contribution in [3.05, 3.63) is 29.5 Å². The number of nitrogen functional groups attached to an aromatic ring is 1. The summed E-state index contributed by atoms with van der Waals surface area (Å²) in [5.74, 6) is 0.614. The number of pyridine rings is 1. The van der Waals surface area contributed by atoms with E-state index in [-0.39, 0.29) is 5.78 Å². The number of fused-ring (bicyclic) bond motifs is 1. The highest BCUT2D eigenvalue weighted by atomic mass is 16.5. The fourth-order valence-electron chi connectivity index (χ4n) is 2.98. The van der Waals surface area contributed by atoms with E-state index in [4.69, 9.17) is 10.5 Å². The molecule has 1 heterocycles. The summed E-state index contributed by atoms with van der Waals surface area (Å²) >= 11 is 0. The molecule has 24 heavy (non-hydrogen) atoms. The number of ether oxygens (including phenoxy) is 1. The van der Waals surface area contributed by atoms with Gasteiger partial charge in [0.1, 0.15) is 5.75 Å². The summed E-state index contributed by atoms with van der Waals surface area (Å²) in [4.78, 5) is 16.5. The lowest BCUT2D eigenvalue weighted by Gasteiger charge is -2.16. The molecule has 4 heteroatoms. The Bertz CT molecular complexity index is 710. The van der Waals surface area contributed by atoms with Crippen LogP contribution in [-0.2, 0) is 6.42 Å². The predicted molar refractivity (Wildman–Crippen MR) is 99.8 cm³/mol. The maximum absolute atomic E-state index is 12.1. The summed E-state index contributed by atoms with van der Waals surface area (Å²) in [6.07, 6.45) is 8.45. The van der Waals surface area contributed by atoms with Gasteiger partial charge in [0.05, 0.1) is 23.4 Å². The van der Waals surface area contributed by atoms with Crippen molar-refractivity contribution in [1.29, 1.82) is 0 Å². The molecule has 2 N–H and O–H groups in total. The fraction of sp³-hybridized carbons (Fsp3) is 0.500. The zero-order chi connectivity index (χ0) is 17.5. The third-order valence-electron chi connectivity index (χ3n) is 4.34. The predicted octanol–water partition coefficient (Wildman–Crippen LogP) is 4.93. The summed E-state index contributed by atoms with van der Waals surface area (Å²) in [7, 11) is 0. The molecule has 0 saturated heterocycles. The number of Topliss-reactive ketones (excluding diaryl/α,β-unsaturated/α-hetero) is 1. The van der Waals surface area contributed by atoms with Crippen LogP contribution in [-0.4, -0.2) is 17.4 Å². The van der Waals surface area contributed by atoms with Gasteiger partial charge in [-0.2, -0.15) is 0 Å². The van der Waals surface area contributed by atoms with Crippen molar-refractivity contribution in [2.24, 2.45) is 0 Å². The first-order chi connectivity index (χ1) is 11.6. The van der Waals surface area contributed by atoms with Gasteiger partial charge in [0.2, 0.25) is 0 Å². The second-order valence-corrected chi connectivity index (χ2v) is 6.21. The van der Waals surface area contributed by atoms with E-state index in [1.807, 2.05) is 6.07 Å². The van der Waals surface area contributed by atoms with Gasteiger partial charge in [0.15, 0.2) is 5.78 Å². The van der Waals surface area contributed by atoms with Gasteiger partial charge in [0, 0.05) is 11.6 Å². The Morgan fingerprint density at radius 2 is 1.96 bits per heavy atom. The number of ketones is 1. The second-order valence-electron chi connectivity index (χ2n) is 6.21. The normalized spacial score (nSPS) is 11.0. The van der Waals surface area contributed by atoms with Crippen LogP contribution in [0.4, 0.5) is 5.69 Å². The van der Waals surface area contributed by atoms with E-state index in [1.54, 1.807) is 19.2 Å². The van der Waals surface area contributed by atoms with Gasteiger partial charge in [-0.1, -0.05) is 39.5 Å². The highest BCUT2D eigenvalue weighted by Crippen LogP contribution is 2.36. The van der Waals surface area contributed by atoms with Gasteiger partial charge < -0.3 is 10.5 Å². The van der Waals surface area contributed by atoms with E-state index in [1.165, 1.54) is 19.3 Å². The van der Waals surface area contributed by atoms with Gasteiger partial charge in [-0.3, -0.25) is 9.78 Å². The molecule has 0 spiro atoms. The molecule has 0 radical (unpaired) electrons. The molecule has 0 aliphatic rings. The van der Waals surface area contributed by atoms with E-state index >= 15 is 0 Å². The molecule has 1 aromatic heterocycles. The van der Waals surface area contributed by atoms with Gasteiger partial charge in [-0.15, -0.1) is 0 Å². The van der Waals surface area contributed by atoms with E-state index in [0.29, 0.717) is 23.6 Å². The van der Waals surface area contributed by atoms with Gasteiger partial charge in [-0.05, 0) is 37.5 Å². The number of hydrogen-bond donors (Lipinski definition) is 1. The molecule has 0 aliphatic heterocycles. The van der Waals surface area contributed by atoms with Crippen molar-refractivity contribution < 1.29 is 9.53 Å². The minimum Gasteiger partial charge on any atom is -0.492 e. The standard InChI is InChI=1S/C20H28N2O2/c1-4-6-7-8-9-12-24-20-16(14(3)23)13-17(21)19-18(20)15(5-2)10-11-22-19/h10-11,13H,4-9,12,21H2,1-3H3. The lowest BCUT2D eigenvalue weighted by atomic mass is 9.99. The van der Waals surface area contributed by atoms with Crippen LogP contribution in [0.15, 0.2) is 18.3 Å². The van der Waals surface area contributed by atoms with Gasteiger partial charge >= 0.3 is 0 Å². The Kier molecular flexibility index (Phi) is 6.59. The number of nitrogens with two attached hydrogens (primary N) is 1. The van der Waals surface area contributed by atoms with E-state index in [0.717, 1.165) is 35.7 Å². The monoisotopic (exact) mass is 328 g/mol. The number of nitrogens with zero attached hydrogens (tertiary/aromatic N) is 1. The molecule has 0 fully saturated rings. The van der Waals surface area contributed by atoms with Crippen LogP contribution >= 0.6 is 0 Å². The lowest BCUT2D eigenvalue weighted by Crippen LogP contribution is -2.07. The van der Waals surface area contributed by atoms with Crippen molar-refractivity contribution in [3.8, 4) is 5.75 Å². The Labute approximate surface area is 144 Å². The molecule has 2 rings (SSSR count). The van der Waals surface area contributed by atoms with Crippen molar-refractivity contribution in [1.82, 2.24) is 4.98 Å². The van der Waals surface area contributed by atoms with Crippen LogP contribution in [0.3, 0.4) is 0 Å². The Morgan fingerprint density at radius 1 is 1.21 bits per heavy atom. The average molecular weight is 328 g/mol. The van der Waals surface area contributed by atoms with E-state index in [9.17, 15) is 4.79 Å². The molecule has 130 valence electrons. The molecule has 0 saturated carbocycles. The van der Waals surface area contributed by atoms with Crippen LogP contribution in [0.2, 0.25) is 0 Å². The summed E-state index contributed by atoms with van der Waals surface area (Å²) in [6.45, 7) is 6.45. The number of unbranched alkanes of at least 4 members (excludes halogenated alkanes) is 4. The maximum Gasteiger partial charge on any atom is 0.163 e. The van der Waals surface area contributed by atoms with Crippen molar-refractivity contribution in [2.45, 2.75) is 59.3 Å². The number of aromatic nitrogens is 1. The third kappa shape index (κ3) is 4.05. The topological polar surface area (TPSA) is 65.2 Å². The van der Waals surface area contributed by atoms with Gasteiger partial charge in [-0.25, -0.2) is 0 Å². The van der Waals surface area contributed by atoms with Crippen LogP contribution < -0.4 is 10.5 Å². The Morgan fingerprint density at radius 3 is 2.62 bits per heavy atom. The largest absolute Gasteiger partial charge is 0.492 e. The first kappa shape index (κ1) is 18.2. The Hall–Kier alpha value is -2.10. The molecule has 0 aliphatic carbocycles. The van der Waals surface area contributed by atoms with Crippen molar-refractivity contribution in [3.63, 3.8) is 0 Å². The number of rotatable bonds is 9. The molecule has 4 nitrogen and oxygen atoms in total. The summed E-state index contributed by atoms with van der Waals surface area (Å²) in [5.41, 5.74) is 9.04. The Balaban J connectivity index is 2.36.